The Bertz CT molecular complexity index is 934. The number of benzene rings is 2. The number of anilines is 2. The molecule has 2 amide bonds. The van der Waals surface area contributed by atoms with E-state index in [0.717, 1.165) is 49.2 Å². The Morgan fingerprint density at radius 2 is 1.65 bits per heavy atom. The molecule has 0 aliphatic heterocycles. The van der Waals surface area contributed by atoms with Crippen molar-refractivity contribution in [2.45, 2.75) is 65.8 Å². The first kappa shape index (κ1) is 22.9. The van der Waals surface area contributed by atoms with Gasteiger partial charge in [-0.3, -0.25) is 9.59 Å². The van der Waals surface area contributed by atoms with Crippen LogP contribution < -0.4 is 15.5 Å². The van der Waals surface area contributed by atoms with Crippen molar-refractivity contribution in [3.8, 4) is 0 Å². The Hall–Kier alpha value is -2.82. The van der Waals surface area contributed by atoms with E-state index in [1.54, 1.807) is 0 Å². The summed E-state index contributed by atoms with van der Waals surface area (Å²) in [7, 11) is 0. The minimum atomic E-state index is -0.630. The van der Waals surface area contributed by atoms with E-state index >= 15 is 0 Å². The quantitative estimate of drug-likeness (QED) is 0.624. The van der Waals surface area contributed by atoms with Crippen LogP contribution in [0.5, 0.6) is 0 Å². The van der Waals surface area contributed by atoms with Gasteiger partial charge in [0.05, 0.1) is 6.04 Å². The van der Waals surface area contributed by atoms with E-state index < -0.39 is 11.8 Å². The van der Waals surface area contributed by atoms with Crippen molar-refractivity contribution in [3.05, 3.63) is 58.7 Å². The topological polar surface area (TPSA) is 61.4 Å². The fraction of sp³-hybridized carbons (Fsp3) is 0.462. The number of fused-ring (bicyclic) bond motifs is 1. The Labute approximate surface area is 186 Å². The van der Waals surface area contributed by atoms with Crippen molar-refractivity contribution >= 4 is 23.2 Å². The zero-order valence-electron chi connectivity index (χ0n) is 19.3. The summed E-state index contributed by atoms with van der Waals surface area (Å²) in [5, 5.41) is 5.69. The van der Waals surface area contributed by atoms with Gasteiger partial charge in [0.1, 0.15) is 0 Å². The SMILES string of the molecule is CCC(NC(=O)C(=O)Nc1ccc(N(CC)CC)cc1C)c1ccc2c(c1)CCCC2. The molecule has 1 aliphatic rings. The number of carbonyl (C=O) groups is 2. The van der Waals surface area contributed by atoms with Crippen molar-refractivity contribution < 1.29 is 9.59 Å². The first-order valence-electron chi connectivity index (χ1n) is 11.6. The highest BCUT2D eigenvalue weighted by Crippen LogP contribution is 2.26. The maximum absolute atomic E-state index is 12.6. The molecule has 2 aromatic carbocycles. The van der Waals surface area contributed by atoms with E-state index in [4.69, 9.17) is 0 Å². The van der Waals surface area contributed by atoms with Gasteiger partial charge >= 0.3 is 11.8 Å². The summed E-state index contributed by atoms with van der Waals surface area (Å²) in [6.07, 6.45) is 5.42. The number of nitrogens with one attached hydrogen (secondary N) is 2. The molecule has 1 aliphatic carbocycles. The van der Waals surface area contributed by atoms with Crippen LogP contribution in [0.3, 0.4) is 0 Å². The second-order valence-electron chi connectivity index (χ2n) is 8.30. The zero-order valence-corrected chi connectivity index (χ0v) is 19.3. The van der Waals surface area contributed by atoms with E-state index in [9.17, 15) is 9.59 Å². The van der Waals surface area contributed by atoms with Crippen LogP contribution in [0.4, 0.5) is 11.4 Å². The highest BCUT2D eigenvalue weighted by molar-refractivity contribution is 6.39. The summed E-state index contributed by atoms with van der Waals surface area (Å²) >= 11 is 0. The third-order valence-electron chi connectivity index (χ3n) is 6.28. The number of nitrogens with zero attached hydrogens (tertiary/aromatic N) is 1. The highest BCUT2D eigenvalue weighted by Gasteiger charge is 2.21. The third-order valence-corrected chi connectivity index (χ3v) is 6.28. The first-order valence-corrected chi connectivity index (χ1v) is 11.6. The van der Waals surface area contributed by atoms with Gasteiger partial charge in [-0.05, 0) is 93.3 Å². The molecule has 1 unspecified atom stereocenters. The smallest absolute Gasteiger partial charge is 0.313 e. The summed E-state index contributed by atoms with van der Waals surface area (Å²) in [6, 6.07) is 12.2. The van der Waals surface area contributed by atoms with Crippen LogP contribution in [0.25, 0.3) is 0 Å². The van der Waals surface area contributed by atoms with Crippen LogP contribution in [0.1, 0.15) is 68.3 Å². The van der Waals surface area contributed by atoms with Crippen molar-refractivity contribution in [3.63, 3.8) is 0 Å². The standard InChI is InChI=1S/C26H35N3O2/c1-5-23(21-13-12-19-10-8-9-11-20(19)17-21)27-25(30)26(31)28-24-15-14-22(16-18(24)4)29(6-2)7-3/h12-17,23H,5-11H2,1-4H3,(H,27,30)(H,28,31). The number of aryl methyl sites for hydroxylation is 3. The normalized spacial score (nSPS) is 13.8. The van der Waals surface area contributed by atoms with Crippen molar-refractivity contribution in [2.75, 3.05) is 23.3 Å². The van der Waals surface area contributed by atoms with Crippen molar-refractivity contribution in [1.82, 2.24) is 5.32 Å². The minimum Gasteiger partial charge on any atom is -0.372 e. The summed E-state index contributed by atoms with van der Waals surface area (Å²) in [4.78, 5) is 27.4. The van der Waals surface area contributed by atoms with Crippen LogP contribution >= 0.6 is 0 Å². The third kappa shape index (κ3) is 5.46. The van der Waals surface area contributed by atoms with Gasteiger partial charge in [0.2, 0.25) is 0 Å². The number of carbonyl (C=O) groups excluding carboxylic acids is 2. The van der Waals surface area contributed by atoms with Gasteiger partial charge < -0.3 is 15.5 Å². The van der Waals surface area contributed by atoms with E-state index in [1.165, 1.54) is 24.0 Å². The average Bonchev–Trinajstić information content (AvgIpc) is 2.79. The van der Waals surface area contributed by atoms with Gasteiger partial charge in [-0.15, -0.1) is 0 Å². The van der Waals surface area contributed by atoms with Crippen LogP contribution in [-0.2, 0) is 22.4 Å². The van der Waals surface area contributed by atoms with Crippen LogP contribution in [0.2, 0.25) is 0 Å². The fourth-order valence-corrected chi connectivity index (χ4v) is 4.37. The monoisotopic (exact) mass is 421 g/mol. The maximum Gasteiger partial charge on any atom is 0.313 e. The Morgan fingerprint density at radius 1 is 0.935 bits per heavy atom. The fourth-order valence-electron chi connectivity index (χ4n) is 4.37. The van der Waals surface area contributed by atoms with Crippen molar-refractivity contribution in [2.24, 2.45) is 0 Å². The molecular weight excluding hydrogens is 386 g/mol. The molecular formula is C26H35N3O2. The molecule has 2 aromatic rings. The van der Waals surface area contributed by atoms with E-state index in [1.807, 2.05) is 32.0 Å². The lowest BCUT2D eigenvalue weighted by atomic mass is 9.89. The van der Waals surface area contributed by atoms with Gasteiger partial charge in [-0.25, -0.2) is 0 Å². The summed E-state index contributed by atoms with van der Waals surface area (Å²) in [5.74, 6) is -1.23. The molecule has 0 saturated carbocycles. The summed E-state index contributed by atoms with van der Waals surface area (Å²) < 4.78 is 0. The summed E-state index contributed by atoms with van der Waals surface area (Å²) in [6.45, 7) is 10.0. The van der Waals surface area contributed by atoms with Crippen LogP contribution in [0.15, 0.2) is 36.4 Å². The molecule has 0 heterocycles. The van der Waals surface area contributed by atoms with Crippen LogP contribution in [-0.4, -0.2) is 24.9 Å². The van der Waals surface area contributed by atoms with Gasteiger partial charge in [0.15, 0.2) is 0 Å². The summed E-state index contributed by atoms with van der Waals surface area (Å²) in [5.41, 5.74) is 6.58. The zero-order chi connectivity index (χ0) is 22.4. The predicted molar refractivity (Wildman–Crippen MR) is 128 cm³/mol. The lowest BCUT2D eigenvalue weighted by molar-refractivity contribution is -0.136. The Kier molecular flexibility index (Phi) is 7.72. The average molecular weight is 422 g/mol. The molecule has 5 nitrogen and oxygen atoms in total. The molecule has 0 radical (unpaired) electrons. The second-order valence-corrected chi connectivity index (χ2v) is 8.30. The molecule has 0 bridgehead atoms. The molecule has 0 spiro atoms. The van der Waals surface area contributed by atoms with Gasteiger partial charge in [-0.2, -0.15) is 0 Å². The molecule has 1 atom stereocenters. The van der Waals surface area contributed by atoms with E-state index in [0.29, 0.717) is 5.69 Å². The maximum atomic E-state index is 12.6. The second kappa shape index (κ2) is 10.5. The highest BCUT2D eigenvalue weighted by atomic mass is 16.2. The Morgan fingerprint density at radius 3 is 2.29 bits per heavy atom. The molecule has 3 rings (SSSR count). The number of hydrogen-bond acceptors (Lipinski definition) is 3. The number of rotatable bonds is 7. The lowest BCUT2D eigenvalue weighted by Crippen LogP contribution is -2.37. The molecule has 2 N–H and O–H groups in total. The van der Waals surface area contributed by atoms with E-state index in [-0.39, 0.29) is 6.04 Å². The van der Waals surface area contributed by atoms with Gasteiger partial charge in [-0.1, -0.05) is 25.1 Å². The molecule has 166 valence electrons. The Balaban J connectivity index is 1.66. The van der Waals surface area contributed by atoms with E-state index in [2.05, 4.69) is 47.6 Å². The predicted octanol–water partition coefficient (Wildman–Crippen LogP) is 4.93. The van der Waals surface area contributed by atoms with Gasteiger partial charge in [0, 0.05) is 24.5 Å². The minimum absolute atomic E-state index is 0.170. The molecule has 0 fully saturated rings. The van der Waals surface area contributed by atoms with Crippen LogP contribution in [0, 0.1) is 6.92 Å². The molecule has 31 heavy (non-hydrogen) atoms. The molecule has 0 saturated heterocycles. The molecule has 5 heteroatoms. The lowest BCUT2D eigenvalue weighted by Gasteiger charge is -2.23. The number of amides is 2. The molecule has 0 aromatic heterocycles. The first-order chi connectivity index (χ1) is 15.0. The van der Waals surface area contributed by atoms with Gasteiger partial charge in [0.25, 0.3) is 0 Å². The largest absolute Gasteiger partial charge is 0.372 e. The van der Waals surface area contributed by atoms with Crippen molar-refractivity contribution in [1.29, 1.82) is 0 Å². The number of hydrogen-bond donors (Lipinski definition) is 2.